The van der Waals surface area contributed by atoms with Gasteiger partial charge in [0.15, 0.2) is 24.0 Å². The molecule has 0 saturated carbocycles. The molecule has 2 aromatic carbocycles. The van der Waals surface area contributed by atoms with Crippen LogP contribution in [-0.4, -0.2) is 53.9 Å². The molecule has 0 spiro atoms. The first-order chi connectivity index (χ1) is 15.7. The lowest BCUT2D eigenvalue weighted by Gasteiger charge is -2.50. The van der Waals surface area contributed by atoms with E-state index in [-0.39, 0.29) is 30.1 Å². The van der Waals surface area contributed by atoms with Crippen molar-refractivity contribution in [1.82, 2.24) is 4.90 Å². The summed E-state index contributed by atoms with van der Waals surface area (Å²) in [5, 5.41) is 0. The minimum Gasteiger partial charge on any atom is -0.494 e. The highest BCUT2D eigenvalue weighted by molar-refractivity contribution is 6.15. The maximum atomic E-state index is 14.0. The van der Waals surface area contributed by atoms with Gasteiger partial charge in [-0.05, 0) is 44.2 Å². The van der Waals surface area contributed by atoms with Crippen molar-refractivity contribution in [3.05, 3.63) is 59.4 Å². The van der Waals surface area contributed by atoms with Gasteiger partial charge in [-0.1, -0.05) is 12.1 Å². The van der Waals surface area contributed by atoms with Crippen LogP contribution in [0.3, 0.4) is 0 Å². The fraction of sp³-hybridized carbons (Fsp3) is 0.333. The molecule has 0 bridgehead atoms. The number of hydrogen-bond acceptors (Lipinski definition) is 6. The third kappa shape index (κ3) is 3.44. The Morgan fingerprint density at radius 1 is 1.15 bits per heavy atom. The van der Waals surface area contributed by atoms with Crippen LogP contribution in [0.2, 0.25) is 0 Å². The molecule has 2 aliphatic rings. The van der Waals surface area contributed by atoms with Crippen molar-refractivity contribution in [3.63, 3.8) is 0 Å². The number of amides is 2. The zero-order chi connectivity index (χ0) is 23.9. The van der Waals surface area contributed by atoms with E-state index in [0.29, 0.717) is 11.3 Å². The molecule has 0 aliphatic carbocycles. The number of carbonyl (C=O) groups excluding carboxylic acids is 4. The molecule has 1 fully saturated rings. The van der Waals surface area contributed by atoms with E-state index in [9.17, 15) is 23.6 Å². The fourth-order valence-electron chi connectivity index (χ4n) is 4.54. The highest BCUT2D eigenvalue weighted by atomic mass is 19.1. The van der Waals surface area contributed by atoms with E-state index in [2.05, 4.69) is 0 Å². The number of rotatable bonds is 6. The Hall–Kier alpha value is -3.75. The van der Waals surface area contributed by atoms with Crippen LogP contribution < -0.4 is 9.64 Å². The second kappa shape index (κ2) is 8.31. The van der Waals surface area contributed by atoms with Crippen molar-refractivity contribution in [1.29, 1.82) is 0 Å². The summed E-state index contributed by atoms with van der Waals surface area (Å²) in [5.74, 6) is -2.97. The topological polar surface area (TPSA) is 93.2 Å². The number of hydrogen-bond donors (Lipinski definition) is 0. The number of nitrogens with zero attached hydrogens (tertiary/aromatic N) is 2. The van der Waals surface area contributed by atoms with Gasteiger partial charge in [-0.3, -0.25) is 19.3 Å². The second-order valence-electron chi connectivity index (χ2n) is 8.18. The maximum absolute atomic E-state index is 14.0. The molecule has 33 heavy (non-hydrogen) atoms. The number of fused-ring (bicyclic) bond motifs is 3. The Bertz CT molecular complexity index is 1160. The molecule has 8 nitrogen and oxygen atoms in total. The van der Waals surface area contributed by atoms with E-state index in [1.807, 2.05) is 0 Å². The number of para-hydroxylation sites is 1. The minimum absolute atomic E-state index is 0.00346. The molecule has 2 amide bonds. The van der Waals surface area contributed by atoms with Crippen LogP contribution in [0.5, 0.6) is 5.75 Å². The number of benzene rings is 2. The Morgan fingerprint density at radius 3 is 2.55 bits per heavy atom. The molecular weight excluding hydrogens is 431 g/mol. The predicted molar refractivity (Wildman–Crippen MR) is 115 cm³/mol. The summed E-state index contributed by atoms with van der Waals surface area (Å²) in [5.41, 5.74) is -1.04. The summed E-state index contributed by atoms with van der Waals surface area (Å²) in [4.78, 5) is 54.9. The number of halogens is 1. The highest BCUT2D eigenvalue weighted by Crippen LogP contribution is 2.46. The molecule has 1 unspecified atom stereocenters. The van der Waals surface area contributed by atoms with Gasteiger partial charge in [0.05, 0.1) is 18.4 Å². The molecule has 2 heterocycles. The number of ether oxygens (including phenoxy) is 2. The summed E-state index contributed by atoms with van der Waals surface area (Å²) < 4.78 is 24.2. The Balaban J connectivity index is 1.66. The quantitative estimate of drug-likeness (QED) is 0.492. The third-order valence-corrected chi connectivity index (χ3v) is 5.95. The van der Waals surface area contributed by atoms with Crippen LogP contribution in [0.15, 0.2) is 42.5 Å². The van der Waals surface area contributed by atoms with Crippen molar-refractivity contribution in [2.24, 2.45) is 0 Å². The van der Waals surface area contributed by atoms with Crippen molar-refractivity contribution < 1.29 is 33.0 Å². The lowest BCUT2D eigenvalue weighted by atomic mass is 9.95. The first-order valence-corrected chi connectivity index (χ1v) is 10.5. The van der Waals surface area contributed by atoms with Crippen molar-refractivity contribution in [2.45, 2.75) is 38.4 Å². The molecule has 2 aromatic rings. The van der Waals surface area contributed by atoms with Crippen molar-refractivity contribution in [3.8, 4) is 5.75 Å². The second-order valence-corrected chi connectivity index (χ2v) is 8.18. The molecule has 0 N–H and O–H groups in total. The summed E-state index contributed by atoms with van der Waals surface area (Å²) >= 11 is 0. The van der Waals surface area contributed by atoms with Gasteiger partial charge in [-0.2, -0.15) is 0 Å². The number of Topliss-reactive ketones (excluding diaryl/α,β-unsaturated/α-hetero) is 1. The Morgan fingerprint density at radius 2 is 1.88 bits per heavy atom. The molecule has 0 radical (unpaired) electrons. The summed E-state index contributed by atoms with van der Waals surface area (Å²) in [6.45, 7) is 2.82. The normalized spacial score (nSPS) is 19.4. The number of esters is 1. The smallest absolute Gasteiger partial charge is 0.354 e. The van der Waals surface area contributed by atoms with E-state index < -0.39 is 41.8 Å². The lowest BCUT2D eigenvalue weighted by molar-refractivity contribution is -0.157. The van der Waals surface area contributed by atoms with Crippen LogP contribution >= 0.6 is 0 Å². The van der Waals surface area contributed by atoms with Gasteiger partial charge in [0.25, 0.3) is 5.91 Å². The SMILES string of the molecule is COc1ccc(C(=O)COC(=O)C23CCC(=O)N2c2ccccc2C(=O)N3C(C)C)cc1F. The molecule has 4 rings (SSSR count). The van der Waals surface area contributed by atoms with E-state index >= 15 is 0 Å². The van der Waals surface area contributed by atoms with E-state index in [0.717, 1.165) is 6.07 Å². The molecule has 1 atom stereocenters. The fourth-order valence-corrected chi connectivity index (χ4v) is 4.54. The maximum Gasteiger partial charge on any atom is 0.354 e. The van der Waals surface area contributed by atoms with Gasteiger partial charge < -0.3 is 14.4 Å². The summed E-state index contributed by atoms with van der Waals surface area (Å²) in [7, 11) is 1.31. The standard InChI is InChI=1S/C24H23FN2O6/c1-14(2)26-22(30)16-6-4-5-7-18(16)27-21(29)10-11-24(26,27)23(31)33-13-19(28)15-8-9-20(32-3)17(25)12-15/h4-9,12,14H,10-11,13H2,1-3H3. The van der Waals surface area contributed by atoms with E-state index in [1.54, 1.807) is 38.1 Å². The predicted octanol–water partition coefficient (Wildman–Crippen LogP) is 2.95. The lowest BCUT2D eigenvalue weighted by Crippen LogP contribution is -2.70. The largest absolute Gasteiger partial charge is 0.494 e. The monoisotopic (exact) mass is 454 g/mol. The van der Waals surface area contributed by atoms with Crippen molar-refractivity contribution >= 4 is 29.3 Å². The van der Waals surface area contributed by atoms with Crippen LogP contribution in [0.1, 0.15) is 47.4 Å². The average Bonchev–Trinajstić information content (AvgIpc) is 3.15. The number of methoxy groups -OCH3 is 1. The van der Waals surface area contributed by atoms with Crippen LogP contribution in [0.4, 0.5) is 10.1 Å². The molecule has 9 heteroatoms. The van der Waals surface area contributed by atoms with Gasteiger partial charge in [0.1, 0.15) is 0 Å². The van der Waals surface area contributed by atoms with Crippen LogP contribution in [0.25, 0.3) is 0 Å². The zero-order valence-electron chi connectivity index (χ0n) is 18.5. The molecule has 172 valence electrons. The van der Waals surface area contributed by atoms with Gasteiger partial charge in [0.2, 0.25) is 11.6 Å². The molecular formula is C24H23FN2O6. The van der Waals surface area contributed by atoms with Gasteiger partial charge in [-0.15, -0.1) is 0 Å². The van der Waals surface area contributed by atoms with Crippen molar-refractivity contribution in [2.75, 3.05) is 18.6 Å². The minimum atomic E-state index is -1.69. The first kappa shape index (κ1) is 22.4. The van der Waals surface area contributed by atoms with E-state index in [1.165, 1.54) is 29.0 Å². The Labute approximate surface area is 189 Å². The molecule has 2 aliphatic heterocycles. The number of anilines is 1. The number of carbonyl (C=O) groups is 4. The van der Waals surface area contributed by atoms with Gasteiger partial charge in [0, 0.05) is 24.4 Å². The third-order valence-electron chi connectivity index (χ3n) is 5.95. The summed E-state index contributed by atoms with van der Waals surface area (Å²) in [6.07, 6.45) is 0.0752. The average molecular weight is 454 g/mol. The summed E-state index contributed by atoms with van der Waals surface area (Å²) in [6, 6.07) is 9.82. The zero-order valence-corrected chi connectivity index (χ0v) is 18.5. The van der Waals surface area contributed by atoms with Crippen LogP contribution in [0, 0.1) is 5.82 Å². The van der Waals surface area contributed by atoms with E-state index in [4.69, 9.17) is 9.47 Å². The number of ketones is 1. The molecule has 1 saturated heterocycles. The Kier molecular flexibility index (Phi) is 5.65. The van der Waals surface area contributed by atoms with Gasteiger partial charge >= 0.3 is 5.97 Å². The highest BCUT2D eigenvalue weighted by Gasteiger charge is 2.62. The first-order valence-electron chi connectivity index (χ1n) is 10.5. The van der Waals surface area contributed by atoms with Gasteiger partial charge in [-0.25, -0.2) is 9.18 Å². The van der Waals surface area contributed by atoms with Crippen LogP contribution in [-0.2, 0) is 14.3 Å². The molecule has 0 aromatic heterocycles.